The van der Waals surface area contributed by atoms with Crippen LogP contribution in [0.4, 0.5) is 5.69 Å². The highest BCUT2D eigenvalue weighted by Gasteiger charge is 2.01. The van der Waals surface area contributed by atoms with Crippen LogP contribution in [0.5, 0.6) is 5.75 Å². The van der Waals surface area contributed by atoms with Crippen LogP contribution in [0.25, 0.3) is 0 Å². The van der Waals surface area contributed by atoms with E-state index in [1.807, 2.05) is 49.4 Å². The van der Waals surface area contributed by atoms with Crippen LogP contribution in [0, 0.1) is 6.92 Å². The molecule has 0 fully saturated rings. The van der Waals surface area contributed by atoms with Gasteiger partial charge in [-0.1, -0.05) is 23.7 Å². The second kappa shape index (κ2) is 5.11. The lowest BCUT2D eigenvalue weighted by Gasteiger charge is -2.09. The van der Waals surface area contributed by atoms with Gasteiger partial charge in [-0.2, -0.15) is 0 Å². The molecule has 0 spiro atoms. The molecule has 0 aliphatic carbocycles. The van der Waals surface area contributed by atoms with Crippen molar-refractivity contribution in [3.8, 4) is 5.75 Å². The molecule has 2 aromatic rings. The highest BCUT2D eigenvalue weighted by Crippen LogP contribution is 2.22. The fourth-order valence-electron chi connectivity index (χ4n) is 1.62. The van der Waals surface area contributed by atoms with E-state index >= 15 is 0 Å². The number of nitrogen functional groups attached to an aromatic ring is 1. The second-order valence-corrected chi connectivity index (χ2v) is 4.38. The SMILES string of the molecule is Cc1cc(Cl)ccc1OCc1cccc(N)c1. The Labute approximate surface area is 106 Å². The monoisotopic (exact) mass is 247 g/mol. The van der Waals surface area contributed by atoms with Crippen molar-refractivity contribution in [1.82, 2.24) is 0 Å². The van der Waals surface area contributed by atoms with Crippen molar-refractivity contribution in [2.75, 3.05) is 5.73 Å². The van der Waals surface area contributed by atoms with Crippen molar-refractivity contribution in [2.24, 2.45) is 0 Å². The first-order valence-electron chi connectivity index (χ1n) is 5.38. The van der Waals surface area contributed by atoms with Gasteiger partial charge >= 0.3 is 0 Å². The molecule has 0 unspecified atom stereocenters. The van der Waals surface area contributed by atoms with Crippen molar-refractivity contribution in [1.29, 1.82) is 0 Å². The van der Waals surface area contributed by atoms with Gasteiger partial charge in [-0.05, 0) is 48.4 Å². The number of benzene rings is 2. The van der Waals surface area contributed by atoms with E-state index in [1.54, 1.807) is 0 Å². The van der Waals surface area contributed by atoms with Gasteiger partial charge in [-0.25, -0.2) is 0 Å². The second-order valence-electron chi connectivity index (χ2n) is 3.94. The van der Waals surface area contributed by atoms with Crippen LogP contribution >= 0.6 is 11.6 Å². The average molecular weight is 248 g/mol. The molecule has 88 valence electrons. The highest BCUT2D eigenvalue weighted by atomic mass is 35.5. The Morgan fingerprint density at radius 2 is 2.00 bits per heavy atom. The molecule has 0 aliphatic rings. The molecule has 3 heteroatoms. The van der Waals surface area contributed by atoms with E-state index in [9.17, 15) is 0 Å². The third-order valence-electron chi connectivity index (χ3n) is 2.48. The first-order chi connectivity index (χ1) is 8.15. The van der Waals surface area contributed by atoms with Crippen molar-refractivity contribution >= 4 is 17.3 Å². The summed E-state index contributed by atoms with van der Waals surface area (Å²) in [6, 6.07) is 13.3. The quantitative estimate of drug-likeness (QED) is 0.837. The van der Waals surface area contributed by atoms with Gasteiger partial charge in [-0.15, -0.1) is 0 Å². The highest BCUT2D eigenvalue weighted by molar-refractivity contribution is 6.30. The molecule has 2 rings (SSSR count). The molecule has 17 heavy (non-hydrogen) atoms. The minimum atomic E-state index is 0.507. The predicted molar refractivity (Wildman–Crippen MR) is 71.4 cm³/mol. The summed E-state index contributed by atoms with van der Waals surface area (Å²) in [5.41, 5.74) is 8.54. The summed E-state index contributed by atoms with van der Waals surface area (Å²) in [4.78, 5) is 0. The lowest BCUT2D eigenvalue weighted by molar-refractivity contribution is 0.304. The van der Waals surface area contributed by atoms with Crippen LogP contribution in [0.15, 0.2) is 42.5 Å². The summed E-state index contributed by atoms with van der Waals surface area (Å²) in [7, 11) is 0. The molecule has 2 nitrogen and oxygen atoms in total. The first kappa shape index (κ1) is 11.8. The van der Waals surface area contributed by atoms with Gasteiger partial charge in [0.05, 0.1) is 0 Å². The maximum absolute atomic E-state index is 5.88. The van der Waals surface area contributed by atoms with E-state index in [0.29, 0.717) is 6.61 Å². The molecule has 0 aromatic heterocycles. The van der Waals surface area contributed by atoms with Crippen molar-refractivity contribution in [3.05, 3.63) is 58.6 Å². The lowest BCUT2D eigenvalue weighted by Crippen LogP contribution is -1.97. The maximum Gasteiger partial charge on any atom is 0.122 e. The molecular weight excluding hydrogens is 234 g/mol. The Hall–Kier alpha value is -1.67. The smallest absolute Gasteiger partial charge is 0.122 e. The molecule has 2 N–H and O–H groups in total. The largest absolute Gasteiger partial charge is 0.489 e. The Bertz CT molecular complexity index is 525. The summed E-state index contributed by atoms with van der Waals surface area (Å²) in [5, 5.41) is 0.721. The maximum atomic E-state index is 5.88. The van der Waals surface area contributed by atoms with Gasteiger partial charge in [0.25, 0.3) is 0 Å². The summed E-state index contributed by atoms with van der Waals surface area (Å²) in [6.45, 7) is 2.48. The van der Waals surface area contributed by atoms with Gasteiger partial charge < -0.3 is 10.5 Å². The molecule has 0 saturated carbocycles. The Morgan fingerprint density at radius 3 is 2.71 bits per heavy atom. The fraction of sp³-hybridized carbons (Fsp3) is 0.143. The van der Waals surface area contributed by atoms with Crippen LogP contribution < -0.4 is 10.5 Å². The minimum absolute atomic E-state index is 0.507. The molecule has 0 amide bonds. The van der Waals surface area contributed by atoms with Crippen LogP contribution in [-0.4, -0.2) is 0 Å². The van der Waals surface area contributed by atoms with Crippen LogP contribution in [0.3, 0.4) is 0 Å². The number of ether oxygens (including phenoxy) is 1. The zero-order valence-electron chi connectivity index (χ0n) is 9.61. The fourth-order valence-corrected chi connectivity index (χ4v) is 1.85. The first-order valence-corrected chi connectivity index (χ1v) is 5.76. The third-order valence-corrected chi connectivity index (χ3v) is 2.72. The molecule has 0 saturated heterocycles. The molecule has 0 atom stereocenters. The average Bonchev–Trinajstić information content (AvgIpc) is 2.28. The van der Waals surface area contributed by atoms with E-state index in [-0.39, 0.29) is 0 Å². The summed E-state index contributed by atoms with van der Waals surface area (Å²) < 4.78 is 5.72. The van der Waals surface area contributed by atoms with Gasteiger partial charge in [0.2, 0.25) is 0 Å². The van der Waals surface area contributed by atoms with E-state index in [1.165, 1.54) is 0 Å². The van der Waals surface area contributed by atoms with Gasteiger partial charge in [0, 0.05) is 10.7 Å². The zero-order chi connectivity index (χ0) is 12.3. The van der Waals surface area contributed by atoms with Gasteiger partial charge in [0.1, 0.15) is 12.4 Å². The number of nitrogens with two attached hydrogens (primary N) is 1. The van der Waals surface area contributed by atoms with Crippen LogP contribution in [0.1, 0.15) is 11.1 Å². The van der Waals surface area contributed by atoms with E-state index in [0.717, 1.165) is 27.6 Å². The van der Waals surface area contributed by atoms with Crippen molar-refractivity contribution in [2.45, 2.75) is 13.5 Å². The Morgan fingerprint density at radius 1 is 1.18 bits per heavy atom. The minimum Gasteiger partial charge on any atom is -0.489 e. The number of anilines is 1. The molecule has 0 radical (unpaired) electrons. The van der Waals surface area contributed by atoms with Crippen LogP contribution in [-0.2, 0) is 6.61 Å². The third kappa shape index (κ3) is 3.14. The topological polar surface area (TPSA) is 35.2 Å². The predicted octanol–water partition coefficient (Wildman–Crippen LogP) is 3.81. The van der Waals surface area contributed by atoms with E-state index < -0.39 is 0 Å². The number of halogens is 1. The van der Waals surface area contributed by atoms with Crippen molar-refractivity contribution < 1.29 is 4.74 Å². The van der Waals surface area contributed by atoms with Crippen molar-refractivity contribution in [3.63, 3.8) is 0 Å². The summed E-state index contributed by atoms with van der Waals surface area (Å²) in [6.07, 6.45) is 0. The number of aryl methyl sites for hydroxylation is 1. The molecule has 0 heterocycles. The summed E-state index contributed by atoms with van der Waals surface area (Å²) in [5.74, 6) is 0.844. The number of hydrogen-bond acceptors (Lipinski definition) is 2. The van der Waals surface area contributed by atoms with Crippen LogP contribution in [0.2, 0.25) is 5.02 Å². The Balaban J connectivity index is 2.07. The number of rotatable bonds is 3. The zero-order valence-corrected chi connectivity index (χ0v) is 10.4. The molecule has 0 bridgehead atoms. The molecule has 2 aromatic carbocycles. The van der Waals surface area contributed by atoms with E-state index in [2.05, 4.69) is 0 Å². The van der Waals surface area contributed by atoms with E-state index in [4.69, 9.17) is 22.1 Å². The molecular formula is C14H14ClNO. The lowest BCUT2D eigenvalue weighted by atomic mass is 10.2. The normalized spacial score (nSPS) is 10.2. The molecule has 0 aliphatic heterocycles. The summed E-state index contributed by atoms with van der Waals surface area (Å²) >= 11 is 5.88. The van der Waals surface area contributed by atoms with Gasteiger partial charge in [0.15, 0.2) is 0 Å². The number of hydrogen-bond donors (Lipinski definition) is 1. The van der Waals surface area contributed by atoms with Gasteiger partial charge in [-0.3, -0.25) is 0 Å². The standard InChI is InChI=1S/C14H14ClNO/c1-10-7-12(15)5-6-14(10)17-9-11-3-2-4-13(16)8-11/h2-8H,9,16H2,1H3. The Kier molecular flexibility index (Phi) is 3.55.